The van der Waals surface area contributed by atoms with Gasteiger partial charge in [-0.05, 0) is 25.0 Å². The first kappa shape index (κ1) is 15.2. The van der Waals surface area contributed by atoms with Crippen LogP contribution in [0.5, 0.6) is 0 Å². The summed E-state index contributed by atoms with van der Waals surface area (Å²) in [7, 11) is 0. The molecule has 3 heterocycles. The van der Waals surface area contributed by atoms with Gasteiger partial charge in [-0.2, -0.15) is 0 Å². The van der Waals surface area contributed by atoms with Crippen molar-refractivity contribution in [2.45, 2.75) is 44.2 Å². The molecule has 0 aromatic carbocycles. The summed E-state index contributed by atoms with van der Waals surface area (Å²) < 4.78 is 5.27. The average Bonchev–Trinajstić information content (AvgIpc) is 3.18. The maximum Gasteiger partial charge on any atom is 0.273 e. The van der Waals surface area contributed by atoms with E-state index >= 15 is 0 Å². The predicted octanol–water partition coefficient (Wildman–Crippen LogP) is 3.24. The molecule has 0 unspecified atom stereocenters. The van der Waals surface area contributed by atoms with E-state index < -0.39 is 6.10 Å². The number of carbonyl (C=O) groups excluding carboxylic acids is 1. The molecule has 1 aliphatic heterocycles. The van der Waals surface area contributed by atoms with Crippen LogP contribution in [0.15, 0.2) is 33.7 Å². The molecule has 1 N–H and O–H groups in total. The Hall–Kier alpha value is -1.66. The topological polar surface area (TPSA) is 66.6 Å². The van der Waals surface area contributed by atoms with Crippen molar-refractivity contribution in [1.29, 1.82) is 0 Å². The summed E-state index contributed by atoms with van der Waals surface area (Å²) in [6.45, 7) is 0.728. The molecule has 0 aliphatic carbocycles. The third-order valence-corrected chi connectivity index (χ3v) is 4.74. The van der Waals surface area contributed by atoms with Crippen LogP contribution in [-0.2, 0) is 0 Å². The summed E-state index contributed by atoms with van der Waals surface area (Å²) in [5.74, 6) is 0.532. The van der Waals surface area contributed by atoms with Crippen molar-refractivity contribution in [3.8, 4) is 0 Å². The Morgan fingerprint density at radius 1 is 1.50 bits per heavy atom. The van der Waals surface area contributed by atoms with Crippen LogP contribution in [0.25, 0.3) is 0 Å². The van der Waals surface area contributed by atoms with E-state index in [1.54, 1.807) is 29.3 Å². The summed E-state index contributed by atoms with van der Waals surface area (Å²) >= 11 is 1.43. The minimum absolute atomic E-state index is 0.0248. The van der Waals surface area contributed by atoms with E-state index in [9.17, 15) is 9.90 Å². The number of aliphatic hydroxyl groups is 1. The highest BCUT2D eigenvalue weighted by molar-refractivity contribution is 7.07. The Morgan fingerprint density at radius 2 is 2.41 bits per heavy atom. The molecule has 0 radical (unpaired) electrons. The lowest BCUT2D eigenvalue weighted by atomic mass is 10.0. The second-order valence-electron chi connectivity index (χ2n) is 5.64. The van der Waals surface area contributed by atoms with E-state index in [0.717, 1.165) is 32.2 Å². The highest BCUT2D eigenvalue weighted by Crippen LogP contribution is 2.27. The Balaban J connectivity index is 1.74. The molecule has 1 fully saturated rings. The van der Waals surface area contributed by atoms with E-state index in [0.29, 0.717) is 17.9 Å². The number of aliphatic hydroxyl groups excluding tert-OH is 1. The second kappa shape index (κ2) is 7.07. The van der Waals surface area contributed by atoms with E-state index in [1.807, 2.05) is 4.90 Å². The van der Waals surface area contributed by atoms with Crippen LogP contribution in [0.2, 0.25) is 0 Å². The van der Waals surface area contributed by atoms with E-state index in [2.05, 4.69) is 4.98 Å². The van der Waals surface area contributed by atoms with E-state index in [1.165, 1.54) is 11.3 Å². The summed E-state index contributed by atoms with van der Waals surface area (Å²) in [5, 5.41) is 12.1. The van der Waals surface area contributed by atoms with Crippen LogP contribution in [0.1, 0.15) is 54.5 Å². The lowest BCUT2D eigenvalue weighted by molar-refractivity contribution is 0.0553. The van der Waals surface area contributed by atoms with Gasteiger partial charge in [-0.1, -0.05) is 12.8 Å². The van der Waals surface area contributed by atoms with Crippen molar-refractivity contribution in [3.05, 3.63) is 40.7 Å². The quantitative estimate of drug-likeness (QED) is 0.939. The standard InChI is InChI=1S/C16H20N2O3S/c19-14(15-6-4-8-21-15)9-12-5-2-1-3-7-18(12)16(20)13-10-22-11-17-13/h4,6,8,10-12,14,19H,1-3,5,7,9H2/t12-,14+/m1/s1. The van der Waals surface area contributed by atoms with Crippen LogP contribution in [-0.4, -0.2) is 33.5 Å². The van der Waals surface area contributed by atoms with Gasteiger partial charge in [0.1, 0.15) is 17.6 Å². The van der Waals surface area contributed by atoms with Gasteiger partial charge in [0.2, 0.25) is 0 Å². The minimum Gasteiger partial charge on any atom is -0.467 e. The molecule has 1 amide bonds. The van der Waals surface area contributed by atoms with Gasteiger partial charge in [-0.15, -0.1) is 11.3 Å². The molecule has 22 heavy (non-hydrogen) atoms. The van der Waals surface area contributed by atoms with Crippen LogP contribution < -0.4 is 0 Å². The average molecular weight is 320 g/mol. The van der Waals surface area contributed by atoms with Crippen molar-refractivity contribution >= 4 is 17.2 Å². The molecule has 3 rings (SSSR count). The van der Waals surface area contributed by atoms with Gasteiger partial charge in [-0.25, -0.2) is 4.98 Å². The second-order valence-corrected chi connectivity index (χ2v) is 6.36. The van der Waals surface area contributed by atoms with Crippen molar-refractivity contribution in [3.63, 3.8) is 0 Å². The number of hydrogen-bond donors (Lipinski definition) is 1. The van der Waals surface area contributed by atoms with Gasteiger partial charge in [0, 0.05) is 24.4 Å². The normalized spacial score (nSPS) is 20.6. The smallest absolute Gasteiger partial charge is 0.273 e. The van der Waals surface area contributed by atoms with Gasteiger partial charge < -0.3 is 14.4 Å². The molecule has 2 aromatic rings. The lowest BCUT2D eigenvalue weighted by Gasteiger charge is -2.30. The number of likely N-dealkylation sites (tertiary alicyclic amines) is 1. The maximum absolute atomic E-state index is 12.7. The van der Waals surface area contributed by atoms with Gasteiger partial charge >= 0.3 is 0 Å². The number of aromatic nitrogens is 1. The first-order valence-corrected chi connectivity index (χ1v) is 8.60. The maximum atomic E-state index is 12.7. The molecule has 118 valence electrons. The fourth-order valence-corrected chi connectivity index (χ4v) is 3.54. The molecule has 1 saturated heterocycles. The molecule has 2 atom stereocenters. The highest BCUT2D eigenvalue weighted by atomic mass is 32.1. The largest absolute Gasteiger partial charge is 0.467 e. The van der Waals surface area contributed by atoms with Crippen LogP contribution >= 0.6 is 11.3 Å². The third kappa shape index (κ3) is 3.39. The summed E-state index contributed by atoms with van der Waals surface area (Å²) in [4.78, 5) is 18.7. The molecule has 0 spiro atoms. The molecular formula is C16H20N2O3S. The molecule has 1 aliphatic rings. The number of hydrogen-bond acceptors (Lipinski definition) is 5. The van der Waals surface area contributed by atoms with Crippen LogP contribution in [0.3, 0.4) is 0 Å². The van der Waals surface area contributed by atoms with Crippen molar-refractivity contribution in [2.75, 3.05) is 6.54 Å². The predicted molar refractivity (Wildman–Crippen MR) is 83.7 cm³/mol. The van der Waals surface area contributed by atoms with Gasteiger partial charge in [0.15, 0.2) is 0 Å². The summed E-state index contributed by atoms with van der Waals surface area (Å²) in [5.41, 5.74) is 2.18. The summed E-state index contributed by atoms with van der Waals surface area (Å²) in [6, 6.07) is 3.56. The molecule has 2 aromatic heterocycles. The fraction of sp³-hybridized carbons (Fsp3) is 0.500. The molecule has 5 nitrogen and oxygen atoms in total. The molecule has 6 heteroatoms. The Labute approximate surface area is 133 Å². The molecular weight excluding hydrogens is 300 g/mol. The first-order valence-electron chi connectivity index (χ1n) is 7.66. The zero-order valence-corrected chi connectivity index (χ0v) is 13.2. The zero-order valence-electron chi connectivity index (χ0n) is 12.4. The number of furan rings is 1. The molecule has 0 bridgehead atoms. The number of thiazole rings is 1. The van der Waals surface area contributed by atoms with E-state index in [-0.39, 0.29) is 11.9 Å². The SMILES string of the molecule is O=C(c1cscn1)N1CCCCC[C@@H]1C[C@H](O)c1ccco1. The van der Waals surface area contributed by atoms with Gasteiger partial charge in [-0.3, -0.25) is 4.79 Å². The summed E-state index contributed by atoms with van der Waals surface area (Å²) in [6.07, 6.45) is 5.50. The Bertz CT molecular complexity index is 583. The zero-order chi connectivity index (χ0) is 15.4. The van der Waals surface area contributed by atoms with E-state index in [4.69, 9.17) is 4.42 Å². The molecule has 0 saturated carbocycles. The number of rotatable bonds is 4. The first-order chi connectivity index (χ1) is 10.8. The minimum atomic E-state index is -0.677. The van der Waals surface area contributed by atoms with Crippen LogP contribution in [0.4, 0.5) is 0 Å². The van der Waals surface area contributed by atoms with Crippen molar-refractivity contribution < 1.29 is 14.3 Å². The van der Waals surface area contributed by atoms with Gasteiger partial charge in [0.05, 0.1) is 11.8 Å². The van der Waals surface area contributed by atoms with Crippen molar-refractivity contribution in [2.24, 2.45) is 0 Å². The Morgan fingerprint density at radius 3 is 3.14 bits per heavy atom. The monoisotopic (exact) mass is 320 g/mol. The van der Waals surface area contributed by atoms with Gasteiger partial charge in [0.25, 0.3) is 5.91 Å². The third-order valence-electron chi connectivity index (χ3n) is 4.16. The van der Waals surface area contributed by atoms with Crippen molar-refractivity contribution in [1.82, 2.24) is 9.88 Å². The van der Waals surface area contributed by atoms with Crippen LogP contribution in [0, 0.1) is 0 Å². The Kier molecular flexibility index (Phi) is 4.90. The fourth-order valence-electron chi connectivity index (χ4n) is 3.01. The number of nitrogens with zero attached hydrogens (tertiary/aromatic N) is 2. The number of carbonyl (C=O) groups is 1. The lowest BCUT2D eigenvalue weighted by Crippen LogP contribution is -2.41. The number of amides is 1. The highest BCUT2D eigenvalue weighted by Gasteiger charge is 2.29.